The summed E-state index contributed by atoms with van der Waals surface area (Å²) in [4.78, 5) is 19.1. The van der Waals surface area contributed by atoms with E-state index in [0.29, 0.717) is 6.54 Å². The molecule has 2 aromatic rings. The number of hydrogen-bond acceptors (Lipinski definition) is 4. The molecule has 1 unspecified atom stereocenters. The Kier molecular flexibility index (Phi) is 3.54. The van der Waals surface area contributed by atoms with Gasteiger partial charge in [-0.25, -0.2) is 0 Å². The molecule has 0 radical (unpaired) electrons. The number of rotatable bonds is 1. The van der Waals surface area contributed by atoms with Crippen molar-refractivity contribution in [1.82, 2.24) is 5.06 Å². The smallest absolute Gasteiger partial charge is 0.322 e. The summed E-state index contributed by atoms with van der Waals surface area (Å²) in [6, 6.07) is 17.4. The van der Waals surface area contributed by atoms with Gasteiger partial charge in [0.15, 0.2) is 0 Å². The van der Waals surface area contributed by atoms with Gasteiger partial charge in [0.1, 0.15) is 0 Å². The third-order valence-corrected chi connectivity index (χ3v) is 4.70. The highest BCUT2D eigenvalue weighted by Crippen LogP contribution is 2.39. The zero-order chi connectivity index (χ0) is 15.8. The predicted octanol–water partition coefficient (Wildman–Crippen LogP) is 2.93. The van der Waals surface area contributed by atoms with Crippen LogP contribution in [-0.2, 0) is 16.1 Å². The van der Waals surface area contributed by atoms with Gasteiger partial charge >= 0.3 is 5.97 Å². The monoisotopic (exact) mass is 308 g/mol. The van der Waals surface area contributed by atoms with Crippen molar-refractivity contribution in [2.75, 3.05) is 24.5 Å². The van der Waals surface area contributed by atoms with Crippen LogP contribution in [0.1, 0.15) is 29.7 Å². The minimum Gasteiger partial charge on any atom is -0.368 e. The van der Waals surface area contributed by atoms with Crippen LogP contribution in [0.15, 0.2) is 48.5 Å². The molecule has 2 aliphatic rings. The normalized spacial score (nSPS) is 20.0. The van der Waals surface area contributed by atoms with Gasteiger partial charge in [-0.2, -0.15) is 0 Å². The van der Waals surface area contributed by atoms with Gasteiger partial charge < -0.3 is 9.74 Å². The highest BCUT2D eigenvalue weighted by atomic mass is 16.7. The molecular formula is C19H20N2O2. The van der Waals surface area contributed by atoms with Crippen LogP contribution in [0.2, 0.25) is 0 Å². The molecule has 4 rings (SSSR count). The molecule has 23 heavy (non-hydrogen) atoms. The summed E-state index contributed by atoms with van der Waals surface area (Å²) in [7, 11) is 0. The van der Waals surface area contributed by atoms with Crippen LogP contribution in [-0.4, -0.2) is 30.7 Å². The molecule has 0 aromatic heterocycles. The summed E-state index contributed by atoms with van der Waals surface area (Å²) in [5.74, 6) is -0.249. The van der Waals surface area contributed by atoms with E-state index in [1.54, 1.807) is 5.06 Å². The van der Waals surface area contributed by atoms with Crippen molar-refractivity contribution in [1.29, 1.82) is 0 Å². The van der Waals surface area contributed by atoms with Gasteiger partial charge in [-0.15, -0.1) is 5.06 Å². The Labute approximate surface area is 136 Å². The molecule has 4 nitrogen and oxygen atoms in total. The van der Waals surface area contributed by atoms with E-state index in [4.69, 9.17) is 4.84 Å². The number of hydrogen-bond donors (Lipinski definition) is 0. The summed E-state index contributed by atoms with van der Waals surface area (Å²) < 4.78 is 0. The van der Waals surface area contributed by atoms with Crippen LogP contribution in [0.25, 0.3) is 0 Å². The molecule has 1 atom stereocenters. The van der Waals surface area contributed by atoms with E-state index in [1.807, 2.05) is 0 Å². The van der Waals surface area contributed by atoms with Gasteiger partial charge in [-0.3, -0.25) is 4.79 Å². The van der Waals surface area contributed by atoms with Crippen LogP contribution in [0.4, 0.5) is 5.69 Å². The van der Waals surface area contributed by atoms with Gasteiger partial charge in [0, 0.05) is 19.2 Å². The number of fused-ring (bicyclic) bond motifs is 5. The zero-order valence-corrected chi connectivity index (χ0v) is 13.2. The number of anilines is 1. The van der Waals surface area contributed by atoms with E-state index in [2.05, 4.69) is 53.4 Å². The maximum Gasteiger partial charge on any atom is 0.322 e. The largest absolute Gasteiger partial charge is 0.368 e. The summed E-state index contributed by atoms with van der Waals surface area (Å²) in [6.45, 7) is 3.74. The second-order valence-electron chi connectivity index (χ2n) is 6.18. The SMILES string of the molecule is CC(=O)ON1CCN2c3ccccc3Cc3ccccc3C2C1. The van der Waals surface area contributed by atoms with Crippen molar-refractivity contribution >= 4 is 11.7 Å². The molecule has 2 aliphatic heterocycles. The maximum absolute atomic E-state index is 11.3. The highest BCUT2D eigenvalue weighted by molar-refractivity contribution is 5.65. The molecule has 2 aromatic carbocycles. The Hall–Kier alpha value is -2.33. The molecule has 1 saturated heterocycles. The lowest BCUT2D eigenvalue weighted by Crippen LogP contribution is -2.48. The number of carbonyl (C=O) groups is 1. The molecule has 0 spiro atoms. The van der Waals surface area contributed by atoms with Crippen molar-refractivity contribution in [2.45, 2.75) is 19.4 Å². The van der Waals surface area contributed by atoms with E-state index in [0.717, 1.165) is 19.5 Å². The average molecular weight is 308 g/mol. The second-order valence-corrected chi connectivity index (χ2v) is 6.18. The van der Waals surface area contributed by atoms with Crippen LogP contribution >= 0.6 is 0 Å². The van der Waals surface area contributed by atoms with E-state index in [9.17, 15) is 4.79 Å². The quantitative estimate of drug-likeness (QED) is 0.811. The fourth-order valence-corrected chi connectivity index (χ4v) is 3.74. The second kappa shape index (κ2) is 5.70. The summed E-state index contributed by atoms with van der Waals surface area (Å²) >= 11 is 0. The van der Waals surface area contributed by atoms with Crippen molar-refractivity contribution < 1.29 is 9.63 Å². The van der Waals surface area contributed by atoms with E-state index >= 15 is 0 Å². The molecule has 118 valence electrons. The molecule has 2 heterocycles. The number of piperazine rings is 1. The summed E-state index contributed by atoms with van der Waals surface area (Å²) in [6.07, 6.45) is 0.951. The third-order valence-electron chi connectivity index (χ3n) is 4.70. The van der Waals surface area contributed by atoms with Crippen LogP contribution < -0.4 is 4.90 Å². The molecule has 0 saturated carbocycles. The lowest BCUT2D eigenvalue weighted by atomic mass is 9.96. The summed E-state index contributed by atoms with van der Waals surface area (Å²) in [5, 5.41) is 1.80. The fourth-order valence-electron chi connectivity index (χ4n) is 3.74. The average Bonchev–Trinajstić information content (AvgIpc) is 2.69. The Morgan fingerprint density at radius 3 is 2.61 bits per heavy atom. The number of para-hydroxylation sites is 1. The van der Waals surface area contributed by atoms with Crippen molar-refractivity contribution in [3.8, 4) is 0 Å². The number of carbonyl (C=O) groups excluding carboxylic acids is 1. The minimum absolute atomic E-state index is 0.211. The standard InChI is InChI=1S/C19H20N2O2/c1-14(22)23-20-10-11-21-18-9-5-3-7-16(18)12-15-6-2-4-8-17(15)19(21)13-20/h2-9,19H,10-13H2,1H3. The first-order chi connectivity index (χ1) is 11.2. The first kappa shape index (κ1) is 14.3. The van der Waals surface area contributed by atoms with Gasteiger partial charge in [-0.1, -0.05) is 42.5 Å². The van der Waals surface area contributed by atoms with Gasteiger partial charge in [0.25, 0.3) is 0 Å². The van der Waals surface area contributed by atoms with E-state index < -0.39 is 0 Å². The zero-order valence-electron chi connectivity index (χ0n) is 13.2. The van der Waals surface area contributed by atoms with Crippen LogP contribution in [0, 0.1) is 0 Å². The first-order valence-electron chi connectivity index (χ1n) is 8.08. The lowest BCUT2D eigenvalue weighted by molar-refractivity contribution is -0.191. The Balaban J connectivity index is 1.77. The molecule has 0 amide bonds. The fraction of sp³-hybridized carbons (Fsp3) is 0.316. The topological polar surface area (TPSA) is 32.8 Å². The Morgan fingerprint density at radius 2 is 1.78 bits per heavy atom. The highest BCUT2D eigenvalue weighted by Gasteiger charge is 2.34. The molecule has 4 heteroatoms. The van der Waals surface area contributed by atoms with Crippen molar-refractivity contribution in [3.63, 3.8) is 0 Å². The van der Waals surface area contributed by atoms with Crippen molar-refractivity contribution in [3.05, 3.63) is 65.2 Å². The number of benzene rings is 2. The lowest BCUT2D eigenvalue weighted by Gasteiger charge is -2.41. The molecule has 0 bridgehead atoms. The van der Waals surface area contributed by atoms with Crippen LogP contribution in [0.5, 0.6) is 0 Å². The maximum atomic E-state index is 11.3. The Morgan fingerprint density at radius 1 is 1.04 bits per heavy atom. The van der Waals surface area contributed by atoms with Crippen molar-refractivity contribution in [2.24, 2.45) is 0 Å². The van der Waals surface area contributed by atoms with Gasteiger partial charge in [0.05, 0.1) is 19.1 Å². The summed E-state index contributed by atoms with van der Waals surface area (Å²) in [5.41, 5.74) is 5.36. The minimum atomic E-state index is -0.249. The Bertz CT molecular complexity index is 744. The van der Waals surface area contributed by atoms with Gasteiger partial charge in [0.2, 0.25) is 0 Å². The number of hydroxylamine groups is 2. The molecular weight excluding hydrogens is 288 g/mol. The predicted molar refractivity (Wildman–Crippen MR) is 89.1 cm³/mol. The molecule has 1 fully saturated rings. The third kappa shape index (κ3) is 2.59. The molecule has 0 aliphatic carbocycles. The number of nitrogens with zero attached hydrogens (tertiary/aromatic N) is 2. The van der Waals surface area contributed by atoms with E-state index in [1.165, 1.54) is 29.3 Å². The van der Waals surface area contributed by atoms with Gasteiger partial charge in [-0.05, 0) is 29.2 Å². The van der Waals surface area contributed by atoms with E-state index in [-0.39, 0.29) is 12.0 Å². The first-order valence-corrected chi connectivity index (χ1v) is 8.08. The molecule has 0 N–H and O–H groups in total. The van der Waals surface area contributed by atoms with Crippen LogP contribution in [0.3, 0.4) is 0 Å².